The predicted molar refractivity (Wildman–Crippen MR) is 113 cm³/mol. The number of carbonyl (C=O) groups excluding carboxylic acids is 1. The van der Waals surface area contributed by atoms with Gasteiger partial charge >= 0.3 is 0 Å². The lowest BCUT2D eigenvalue weighted by molar-refractivity contribution is -0.121. The zero-order valence-corrected chi connectivity index (χ0v) is 16.2. The number of hydrogen-bond donors (Lipinski definition) is 2. The highest BCUT2D eigenvalue weighted by molar-refractivity contribution is 5.87. The van der Waals surface area contributed by atoms with Crippen molar-refractivity contribution in [2.45, 2.75) is 5.92 Å². The number of benzene rings is 2. The first-order valence-corrected chi connectivity index (χ1v) is 9.26. The summed E-state index contributed by atoms with van der Waals surface area (Å²) in [6, 6.07) is 21.6. The number of nitrogens with zero attached hydrogens (tertiary/aromatic N) is 3. The summed E-state index contributed by atoms with van der Waals surface area (Å²) in [5.41, 5.74) is 2.92. The Hall–Kier alpha value is -3.41. The van der Waals surface area contributed by atoms with Gasteiger partial charge < -0.3 is 15.5 Å². The van der Waals surface area contributed by atoms with Gasteiger partial charge in [-0.25, -0.2) is 0 Å². The maximum Gasteiger partial charge on any atom is 0.232 e. The number of amides is 1. The van der Waals surface area contributed by atoms with E-state index in [2.05, 4.69) is 20.8 Å². The number of carbonyl (C=O) groups is 1. The van der Waals surface area contributed by atoms with Gasteiger partial charge in [0.25, 0.3) is 0 Å². The molecular formula is C22H25N5O. The molecule has 144 valence electrons. The summed E-state index contributed by atoms with van der Waals surface area (Å²) in [7, 11) is 3.91. The number of hydrogen-bond acceptors (Lipinski definition) is 5. The first-order valence-electron chi connectivity index (χ1n) is 9.26. The molecule has 0 fully saturated rings. The van der Waals surface area contributed by atoms with E-state index >= 15 is 0 Å². The summed E-state index contributed by atoms with van der Waals surface area (Å²) in [5.74, 6) is 0.328. The lowest BCUT2D eigenvalue weighted by Crippen LogP contribution is -2.33. The predicted octanol–water partition coefficient (Wildman–Crippen LogP) is 2.90. The number of nitrogens with one attached hydrogen (secondary N) is 2. The molecule has 0 aliphatic carbocycles. The third kappa shape index (κ3) is 5.07. The lowest BCUT2D eigenvalue weighted by Gasteiger charge is -2.18. The van der Waals surface area contributed by atoms with Crippen LogP contribution in [-0.2, 0) is 4.79 Å². The van der Waals surface area contributed by atoms with Gasteiger partial charge in [-0.15, -0.1) is 5.10 Å². The third-order valence-electron chi connectivity index (χ3n) is 4.41. The minimum Gasteiger partial charge on any atom is -0.376 e. The molecule has 0 unspecified atom stereocenters. The Kier molecular flexibility index (Phi) is 6.57. The van der Waals surface area contributed by atoms with Crippen LogP contribution >= 0.6 is 0 Å². The van der Waals surface area contributed by atoms with Gasteiger partial charge in [-0.1, -0.05) is 60.7 Å². The maximum absolute atomic E-state index is 12.9. The van der Waals surface area contributed by atoms with Crippen molar-refractivity contribution >= 4 is 17.4 Å². The zero-order valence-electron chi connectivity index (χ0n) is 16.2. The summed E-state index contributed by atoms with van der Waals surface area (Å²) in [5, 5.41) is 14.3. The van der Waals surface area contributed by atoms with Crippen molar-refractivity contribution in [2.24, 2.45) is 0 Å². The summed E-state index contributed by atoms with van der Waals surface area (Å²) in [6.07, 6.45) is 1.71. The van der Waals surface area contributed by atoms with Crippen LogP contribution in [0, 0.1) is 0 Å². The molecular weight excluding hydrogens is 350 g/mol. The van der Waals surface area contributed by atoms with Crippen LogP contribution in [0.25, 0.3) is 0 Å². The van der Waals surface area contributed by atoms with E-state index in [1.807, 2.05) is 85.7 Å². The van der Waals surface area contributed by atoms with Crippen LogP contribution in [0.1, 0.15) is 17.0 Å². The highest BCUT2D eigenvalue weighted by Gasteiger charge is 2.21. The fraction of sp³-hybridized carbons (Fsp3) is 0.227. The Morgan fingerprint density at radius 2 is 1.57 bits per heavy atom. The normalized spacial score (nSPS) is 10.5. The molecule has 3 rings (SSSR count). The molecule has 0 bridgehead atoms. The van der Waals surface area contributed by atoms with Gasteiger partial charge in [-0.2, -0.15) is 5.10 Å². The Labute approximate surface area is 165 Å². The van der Waals surface area contributed by atoms with E-state index in [1.165, 1.54) is 0 Å². The van der Waals surface area contributed by atoms with Crippen molar-refractivity contribution in [3.8, 4) is 0 Å². The topological polar surface area (TPSA) is 70.2 Å². The van der Waals surface area contributed by atoms with Gasteiger partial charge in [0, 0.05) is 33.3 Å². The van der Waals surface area contributed by atoms with Gasteiger partial charge in [0.1, 0.15) is 0 Å². The van der Waals surface area contributed by atoms with Crippen molar-refractivity contribution in [1.29, 1.82) is 0 Å². The zero-order chi connectivity index (χ0) is 19.8. The maximum atomic E-state index is 12.9. The molecule has 3 aromatic rings. The summed E-state index contributed by atoms with van der Waals surface area (Å²) < 4.78 is 0. The Morgan fingerprint density at radius 1 is 0.964 bits per heavy atom. The first-order chi connectivity index (χ1) is 13.6. The van der Waals surface area contributed by atoms with E-state index in [1.54, 1.807) is 6.20 Å². The Morgan fingerprint density at radius 3 is 2.14 bits per heavy atom. The summed E-state index contributed by atoms with van der Waals surface area (Å²) >= 11 is 0. The van der Waals surface area contributed by atoms with E-state index in [-0.39, 0.29) is 11.8 Å². The molecule has 2 aromatic carbocycles. The second-order valence-electron chi connectivity index (χ2n) is 6.67. The Balaban J connectivity index is 1.61. The fourth-order valence-corrected chi connectivity index (χ4v) is 2.95. The van der Waals surface area contributed by atoms with E-state index in [0.717, 1.165) is 16.8 Å². The number of rotatable bonds is 8. The molecule has 0 spiro atoms. The fourth-order valence-electron chi connectivity index (χ4n) is 2.95. The largest absolute Gasteiger partial charge is 0.376 e. The van der Waals surface area contributed by atoms with E-state index in [0.29, 0.717) is 18.9 Å². The van der Waals surface area contributed by atoms with Crippen LogP contribution in [0.5, 0.6) is 0 Å². The van der Waals surface area contributed by atoms with Crippen molar-refractivity contribution in [1.82, 2.24) is 15.5 Å². The lowest BCUT2D eigenvalue weighted by atomic mass is 9.90. The molecule has 0 saturated carbocycles. The SMILES string of the molecule is CN(C)c1cnnc(NCCNC(=O)C(c2ccccc2)c2ccccc2)c1. The molecule has 0 radical (unpaired) electrons. The van der Waals surface area contributed by atoms with Gasteiger partial charge in [-0.3, -0.25) is 4.79 Å². The van der Waals surface area contributed by atoms with Gasteiger partial charge in [0.2, 0.25) is 5.91 Å². The molecule has 6 heteroatoms. The molecule has 1 heterocycles. The third-order valence-corrected chi connectivity index (χ3v) is 4.41. The standard InChI is InChI=1S/C22H25N5O/c1-27(2)19-15-20(26-25-16-19)23-13-14-24-22(28)21(17-9-5-3-6-10-17)18-11-7-4-8-12-18/h3-12,15-16,21H,13-14H2,1-2H3,(H,23,26)(H,24,28). The van der Waals surface area contributed by atoms with Crippen molar-refractivity contribution in [3.05, 3.63) is 84.1 Å². The van der Waals surface area contributed by atoms with E-state index in [4.69, 9.17) is 0 Å². The molecule has 0 atom stereocenters. The highest BCUT2D eigenvalue weighted by Crippen LogP contribution is 2.24. The smallest absolute Gasteiger partial charge is 0.232 e. The molecule has 1 amide bonds. The van der Waals surface area contributed by atoms with Gasteiger partial charge in [0.15, 0.2) is 5.82 Å². The summed E-state index contributed by atoms with van der Waals surface area (Å²) in [4.78, 5) is 14.9. The quantitative estimate of drug-likeness (QED) is 0.593. The van der Waals surface area contributed by atoms with Crippen molar-refractivity contribution < 1.29 is 4.79 Å². The average molecular weight is 375 g/mol. The van der Waals surface area contributed by atoms with Gasteiger partial charge in [0.05, 0.1) is 17.8 Å². The second kappa shape index (κ2) is 9.50. The van der Waals surface area contributed by atoms with Crippen molar-refractivity contribution in [2.75, 3.05) is 37.4 Å². The van der Waals surface area contributed by atoms with Crippen LogP contribution in [0.2, 0.25) is 0 Å². The minimum absolute atomic E-state index is 0.0210. The van der Waals surface area contributed by atoms with E-state index < -0.39 is 0 Å². The molecule has 0 saturated heterocycles. The van der Waals surface area contributed by atoms with Crippen LogP contribution in [0.15, 0.2) is 72.9 Å². The van der Waals surface area contributed by atoms with Crippen LogP contribution in [-0.4, -0.2) is 43.3 Å². The van der Waals surface area contributed by atoms with Crippen LogP contribution < -0.4 is 15.5 Å². The average Bonchev–Trinajstić information content (AvgIpc) is 2.73. The molecule has 1 aromatic heterocycles. The number of aromatic nitrogens is 2. The second-order valence-corrected chi connectivity index (χ2v) is 6.67. The minimum atomic E-state index is -0.334. The summed E-state index contributed by atoms with van der Waals surface area (Å²) in [6.45, 7) is 1.05. The molecule has 0 aliphatic heterocycles. The first kappa shape index (κ1) is 19.4. The molecule has 0 aliphatic rings. The van der Waals surface area contributed by atoms with Crippen LogP contribution in [0.4, 0.5) is 11.5 Å². The molecule has 2 N–H and O–H groups in total. The highest BCUT2D eigenvalue weighted by atomic mass is 16.1. The van der Waals surface area contributed by atoms with E-state index in [9.17, 15) is 4.79 Å². The van der Waals surface area contributed by atoms with Crippen LogP contribution in [0.3, 0.4) is 0 Å². The molecule has 6 nitrogen and oxygen atoms in total. The Bertz CT molecular complexity index is 844. The molecule has 28 heavy (non-hydrogen) atoms. The number of anilines is 2. The van der Waals surface area contributed by atoms with Crippen molar-refractivity contribution in [3.63, 3.8) is 0 Å². The monoisotopic (exact) mass is 375 g/mol. The van der Waals surface area contributed by atoms with Gasteiger partial charge in [-0.05, 0) is 11.1 Å².